The fourth-order valence-corrected chi connectivity index (χ4v) is 1.80. The van der Waals surface area contributed by atoms with Gasteiger partial charge in [0.05, 0.1) is 13.7 Å². The molecule has 102 valence electrons. The summed E-state index contributed by atoms with van der Waals surface area (Å²) in [4.78, 5) is 2.30. The summed E-state index contributed by atoms with van der Waals surface area (Å²) in [6, 6.07) is 5.95. The third kappa shape index (κ3) is 4.20. The molecule has 0 amide bonds. The van der Waals surface area contributed by atoms with Gasteiger partial charge < -0.3 is 14.6 Å². The van der Waals surface area contributed by atoms with Crippen LogP contribution in [0.15, 0.2) is 18.2 Å². The highest BCUT2D eigenvalue weighted by molar-refractivity contribution is 5.41. The zero-order valence-electron chi connectivity index (χ0n) is 11.6. The maximum absolute atomic E-state index is 9.75. The number of nitrogens with zero attached hydrogens (tertiary/aromatic N) is 1. The monoisotopic (exact) mass is 253 g/mol. The fraction of sp³-hybridized carbons (Fsp3) is 0.571. The normalized spacial score (nSPS) is 11.2. The molecule has 0 aliphatic heterocycles. The Hall–Kier alpha value is -1.26. The molecule has 1 rings (SSSR count). The predicted octanol–water partition coefficient (Wildman–Crippen LogP) is 2.26. The van der Waals surface area contributed by atoms with Crippen molar-refractivity contribution in [3.63, 3.8) is 0 Å². The lowest BCUT2D eigenvalue weighted by Gasteiger charge is -2.26. The van der Waals surface area contributed by atoms with Crippen LogP contribution in [0.3, 0.4) is 0 Å². The minimum absolute atomic E-state index is 0.186. The molecule has 0 saturated heterocycles. The maximum Gasteiger partial charge on any atom is 0.160 e. The molecule has 1 aromatic carbocycles. The lowest BCUT2D eigenvalue weighted by Crippen LogP contribution is -2.33. The van der Waals surface area contributed by atoms with E-state index in [4.69, 9.17) is 9.47 Å². The molecule has 0 aromatic heterocycles. The third-order valence-corrected chi connectivity index (χ3v) is 2.94. The Morgan fingerprint density at radius 3 is 2.50 bits per heavy atom. The van der Waals surface area contributed by atoms with Gasteiger partial charge in [-0.15, -0.1) is 0 Å². The number of hydrogen-bond acceptors (Lipinski definition) is 4. The quantitative estimate of drug-likeness (QED) is 0.809. The SMILES string of the molecule is COCCN(Cc1ccc(OC)c(O)c1)C(C)C. The average molecular weight is 253 g/mol. The largest absolute Gasteiger partial charge is 0.504 e. The Morgan fingerprint density at radius 2 is 2.00 bits per heavy atom. The predicted molar refractivity (Wildman–Crippen MR) is 72.1 cm³/mol. The van der Waals surface area contributed by atoms with Crippen molar-refractivity contribution in [1.82, 2.24) is 4.90 Å². The van der Waals surface area contributed by atoms with Gasteiger partial charge >= 0.3 is 0 Å². The third-order valence-electron chi connectivity index (χ3n) is 2.94. The first-order chi connectivity index (χ1) is 8.58. The van der Waals surface area contributed by atoms with Crippen molar-refractivity contribution < 1.29 is 14.6 Å². The molecular weight excluding hydrogens is 230 g/mol. The standard InChI is InChI=1S/C14H23NO3/c1-11(2)15(7-8-17-3)10-12-5-6-14(18-4)13(16)9-12/h5-6,9,11,16H,7-8,10H2,1-4H3. The Kier molecular flexibility index (Phi) is 5.95. The van der Waals surface area contributed by atoms with E-state index >= 15 is 0 Å². The lowest BCUT2D eigenvalue weighted by molar-refractivity contribution is 0.125. The van der Waals surface area contributed by atoms with Crippen molar-refractivity contribution in [2.75, 3.05) is 27.4 Å². The first kappa shape index (κ1) is 14.8. The number of rotatable bonds is 7. The van der Waals surface area contributed by atoms with Crippen molar-refractivity contribution in [2.45, 2.75) is 26.4 Å². The van der Waals surface area contributed by atoms with Gasteiger partial charge in [0.1, 0.15) is 0 Å². The Morgan fingerprint density at radius 1 is 1.28 bits per heavy atom. The van der Waals surface area contributed by atoms with Crippen LogP contribution in [0, 0.1) is 0 Å². The van der Waals surface area contributed by atoms with Gasteiger partial charge in [0.2, 0.25) is 0 Å². The minimum Gasteiger partial charge on any atom is -0.504 e. The molecule has 0 aliphatic carbocycles. The van der Waals surface area contributed by atoms with Crippen LogP contribution in [0.4, 0.5) is 0 Å². The van der Waals surface area contributed by atoms with Crippen LogP contribution in [0.2, 0.25) is 0 Å². The van der Waals surface area contributed by atoms with E-state index in [9.17, 15) is 5.11 Å². The molecule has 0 saturated carbocycles. The fourth-order valence-electron chi connectivity index (χ4n) is 1.80. The maximum atomic E-state index is 9.75. The highest BCUT2D eigenvalue weighted by atomic mass is 16.5. The smallest absolute Gasteiger partial charge is 0.160 e. The van der Waals surface area contributed by atoms with Crippen LogP contribution in [-0.2, 0) is 11.3 Å². The molecule has 0 atom stereocenters. The zero-order valence-corrected chi connectivity index (χ0v) is 11.6. The van der Waals surface area contributed by atoms with Crippen LogP contribution < -0.4 is 4.74 Å². The number of methoxy groups -OCH3 is 2. The van der Waals surface area contributed by atoms with E-state index in [0.717, 1.165) is 18.7 Å². The number of phenolic OH excluding ortho intramolecular Hbond substituents is 1. The summed E-state index contributed by atoms with van der Waals surface area (Å²) in [5.74, 6) is 0.692. The van der Waals surface area contributed by atoms with Gasteiger partial charge in [-0.25, -0.2) is 0 Å². The second kappa shape index (κ2) is 7.24. The first-order valence-electron chi connectivity index (χ1n) is 6.17. The molecular formula is C14H23NO3. The van der Waals surface area contributed by atoms with Gasteiger partial charge in [-0.05, 0) is 31.5 Å². The summed E-state index contributed by atoms with van der Waals surface area (Å²) in [6.07, 6.45) is 0. The van der Waals surface area contributed by atoms with Gasteiger partial charge in [0.15, 0.2) is 11.5 Å². The summed E-state index contributed by atoms with van der Waals surface area (Å²) in [6.45, 7) is 6.68. The molecule has 0 bridgehead atoms. The average Bonchev–Trinajstić information content (AvgIpc) is 2.34. The van der Waals surface area contributed by atoms with Crippen LogP contribution in [0.1, 0.15) is 19.4 Å². The van der Waals surface area contributed by atoms with Gasteiger partial charge in [0, 0.05) is 26.2 Å². The van der Waals surface area contributed by atoms with Gasteiger partial charge in [-0.2, -0.15) is 0 Å². The molecule has 1 aromatic rings. The van der Waals surface area contributed by atoms with E-state index in [0.29, 0.717) is 18.4 Å². The summed E-state index contributed by atoms with van der Waals surface area (Å²) in [5, 5.41) is 9.75. The van der Waals surface area contributed by atoms with E-state index in [1.54, 1.807) is 26.4 Å². The number of phenols is 1. The molecule has 4 heteroatoms. The summed E-state index contributed by atoms with van der Waals surface area (Å²) in [7, 11) is 3.26. The molecule has 0 fully saturated rings. The molecule has 1 N–H and O–H groups in total. The van der Waals surface area contributed by atoms with E-state index in [-0.39, 0.29) is 5.75 Å². The molecule has 0 radical (unpaired) electrons. The second-order valence-corrected chi connectivity index (χ2v) is 4.56. The van der Waals surface area contributed by atoms with Crippen LogP contribution in [0.25, 0.3) is 0 Å². The van der Waals surface area contributed by atoms with Crippen LogP contribution in [0.5, 0.6) is 11.5 Å². The number of hydrogen-bond donors (Lipinski definition) is 1. The van der Waals surface area contributed by atoms with Crippen molar-refractivity contribution in [3.8, 4) is 11.5 Å². The Bertz CT molecular complexity index is 366. The van der Waals surface area contributed by atoms with Gasteiger partial charge in [-0.1, -0.05) is 6.07 Å². The second-order valence-electron chi connectivity index (χ2n) is 4.56. The van der Waals surface area contributed by atoms with Gasteiger partial charge in [-0.3, -0.25) is 4.90 Å². The van der Waals surface area contributed by atoms with Crippen molar-refractivity contribution in [3.05, 3.63) is 23.8 Å². The van der Waals surface area contributed by atoms with Crippen molar-refractivity contribution in [1.29, 1.82) is 0 Å². The summed E-state index contributed by atoms with van der Waals surface area (Å²) in [5.41, 5.74) is 1.07. The first-order valence-corrected chi connectivity index (χ1v) is 6.17. The minimum atomic E-state index is 0.186. The molecule has 4 nitrogen and oxygen atoms in total. The molecule has 0 aliphatic rings. The highest BCUT2D eigenvalue weighted by Crippen LogP contribution is 2.26. The molecule has 0 spiro atoms. The zero-order chi connectivity index (χ0) is 13.5. The Labute approximate surface area is 109 Å². The van der Waals surface area contributed by atoms with E-state index < -0.39 is 0 Å². The van der Waals surface area contributed by atoms with E-state index in [1.807, 2.05) is 6.07 Å². The molecule has 0 heterocycles. The topological polar surface area (TPSA) is 41.9 Å². The lowest BCUT2D eigenvalue weighted by atomic mass is 10.1. The molecule has 18 heavy (non-hydrogen) atoms. The van der Waals surface area contributed by atoms with Crippen LogP contribution in [-0.4, -0.2) is 43.4 Å². The number of benzene rings is 1. The van der Waals surface area contributed by atoms with Crippen molar-refractivity contribution >= 4 is 0 Å². The highest BCUT2D eigenvalue weighted by Gasteiger charge is 2.11. The summed E-state index contributed by atoms with van der Waals surface area (Å²) >= 11 is 0. The molecule has 0 unspecified atom stereocenters. The van der Waals surface area contributed by atoms with Crippen LogP contribution >= 0.6 is 0 Å². The van der Waals surface area contributed by atoms with Gasteiger partial charge in [0.25, 0.3) is 0 Å². The van der Waals surface area contributed by atoms with E-state index in [2.05, 4.69) is 18.7 Å². The number of aromatic hydroxyl groups is 1. The summed E-state index contributed by atoms with van der Waals surface area (Å²) < 4.78 is 10.1. The van der Waals surface area contributed by atoms with E-state index in [1.165, 1.54) is 0 Å². The van der Waals surface area contributed by atoms with Crippen molar-refractivity contribution in [2.24, 2.45) is 0 Å². The number of ether oxygens (including phenoxy) is 2. The Balaban J connectivity index is 2.71.